The number of aryl methyl sites for hydroxylation is 1. The van der Waals surface area contributed by atoms with Crippen LogP contribution >= 0.6 is 0 Å². The number of carbonyl (C=O) groups is 1. The molecular weight excluding hydrogens is 397 g/mol. The fourth-order valence-corrected chi connectivity index (χ4v) is 2.98. The Morgan fingerprint density at radius 3 is 2.30 bits per heavy atom. The molecule has 3 rings (SSSR count). The van der Waals surface area contributed by atoms with Gasteiger partial charge in [-0.25, -0.2) is 4.68 Å². The Kier molecular flexibility index (Phi) is 6.44. The molecular formula is C22H21F3N2O3. The summed E-state index contributed by atoms with van der Waals surface area (Å²) in [6, 6.07) is 14.9. The number of esters is 1. The van der Waals surface area contributed by atoms with E-state index in [0.717, 1.165) is 11.6 Å². The van der Waals surface area contributed by atoms with Gasteiger partial charge < -0.3 is 9.47 Å². The number of methoxy groups -OCH3 is 1. The fourth-order valence-electron chi connectivity index (χ4n) is 2.98. The largest absolute Gasteiger partial charge is 0.497 e. The van der Waals surface area contributed by atoms with Gasteiger partial charge in [0.25, 0.3) is 0 Å². The van der Waals surface area contributed by atoms with Gasteiger partial charge in [0.05, 0.1) is 25.1 Å². The van der Waals surface area contributed by atoms with Crippen LogP contribution in [-0.2, 0) is 22.1 Å². The van der Waals surface area contributed by atoms with Crippen LogP contribution in [0.3, 0.4) is 0 Å². The molecule has 0 aliphatic carbocycles. The molecule has 1 heterocycles. The summed E-state index contributed by atoms with van der Waals surface area (Å²) in [6.45, 7) is 1.69. The van der Waals surface area contributed by atoms with Crippen molar-refractivity contribution in [1.29, 1.82) is 0 Å². The van der Waals surface area contributed by atoms with Gasteiger partial charge >= 0.3 is 12.1 Å². The number of carbonyl (C=O) groups excluding carboxylic acids is 1. The maximum Gasteiger partial charge on any atom is 0.435 e. The third-order valence-corrected chi connectivity index (χ3v) is 4.48. The Labute approximate surface area is 172 Å². The van der Waals surface area contributed by atoms with E-state index in [1.54, 1.807) is 36.4 Å². The van der Waals surface area contributed by atoms with Crippen molar-refractivity contribution in [3.63, 3.8) is 0 Å². The minimum Gasteiger partial charge on any atom is -0.497 e. The SMILES string of the molecule is COc1ccc(-n2nc(C(F)(F)F)cc2-c2ccc(CCCOC(C)=O)cc2)cc1. The quantitative estimate of drug-likeness (QED) is 0.397. The molecule has 0 aliphatic rings. The zero-order valence-electron chi connectivity index (χ0n) is 16.6. The Bertz CT molecular complexity index is 994. The van der Waals surface area contributed by atoms with Crippen molar-refractivity contribution in [2.45, 2.75) is 25.9 Å². The summed E-state index contributed by atoms with van der Waals surface area (Å²) in [5.74, 6) is 0.277. The van der Waals surface area contributed by atoms with Gasteiger partial charge in [-0.15, -0.1) is 0 Å². The van der Waals surface area contributed by atoms with Gasteiger partial charge in [-0.1, -0.05) is 24.3 Å². The van der Waals surface area contributed by atoms with Crippen molar-refractivity contribution in [1.82, 2.24) is 9.78 Å². The van der Waals surface area contributed by atoms with Crippen LogP contribution in [0.15, 0.2) is 54.6 Å². The number of rotatable bonds is 7. The van der Waals surface area contributed by atoms with Crippen molar-refractivity contribution >= 4 is 5.97 Å². The average molecular weight is 418 g/mol. The van der Waals surface area contributed by atoms with Crippen LogP contribution in [0.4, 0.5) is 13.2 Å². The van der Waals surface area contributed by atoms with Crippen LogP contribution in [-0.4, -0.2) is 29.5 Å². The van der Waals surface area contributed by atoms with Gasteiger partial charge in [0, 0.05) is 12.5 Å². The summed E-state index contributed by atoms with van der Waals surface area (Å²) in [5, 5.41) is 3.79. The van der Waals surface area contributed by atoms with E-state index in [1.807, 2.05) is 12.1 Å². The van der Waals surface area contributed by atoms with E-state index in [-0.39, 0.29) is 5.97 Å². The highest BCUT2D eigenvalue weighted by Gasteiger charge is 2.35. The third kappa shape index (κ3) is 5.20. The lowest BCUT2D eigenvalue weighted by Crippen LogP contribution is -2.07. The van der Waals surface area contributed by atoms with Crippen molar-refractivity contribution in [3.8, 4) is 22.7 Å². The molecule has 30 heavy (non-hydrogen) atoms. The molecule has 0 atom stereocenters. The Hall–Kier alpha value is -3.29. The molecule has 0 bridgehead atoms. The first-order valence-corrected chi connectivity index (χ1v) is 9.32. The summed E-state index contributed by atoms with van der Waals surface area (Å²) in [5.41, 5.74) is 1.47. The molecule has 1 aromatic heterocycles. The second kappa shape index (κ2) is 9.02. The molecule has 0 unspecified atom stereocenters. The van der Waals surface area contributed by atoms with Crippen molar-refractivity contribution in [2.24, 2.45) is 0 Å². The maximum absolute atomic E-state index is 13.3. The van der Waals surface area contributed by atoms with E-state index in [0.29, 0.717) is 42.1 Å². The summed E-state index contributed by atoms with van der Waals surface area (Å²) < 4.78 is 51.2. The third-order valence-electron chi connectivity index (χ3n) is 4.48. The molecule has 0 radical (unpaired) electrons. The van der Waals surface area contributed by atoms with Crippen LogP contribution in [0.1, 0.15) is 24.6 Å². The topological polar surface area (TPSA) is 53.4 Å². The average Bonchev–Trinajstić information content (AvgIpc) is 3.17. The number of hydrogen-bond acceptors (Lipinski definition) is 4. The molecule has 8 heteroatoms. The predicted octanol–water partition coefficient (Wildman–Crippen LogP) is 5.06. The number of halogens is 3. The molecule has 158 valence electrons. The zero-order chi connectivity index (χ0) is 21.7. The minimum absolute atomic E-state index is 0.322. The molecule has 0 saturated heterocycles. The van der Waals surface area contributed by atoms with Gasteiger partial charge in [0.1, 0.15) is 5.75 Å². The van der Waals surface area contributed by atoms with Crippen LogP contribution in [0.25, 0.3) is 16.9 Å². The number of hydrogen-bond donors (Lipinski definition) is 0. The summed E-state index contributed by atoms with van der Waals surface area (Å²) in [7, 11) is 1.52. The van der Waals surface area contributed by atoms with E-state index in [4.69, 9.17) is 9.47 Å². The summed E-state index contributed by atoms with van der Waals surface area (Å²) >= 11 is 0. The lowest BCUT2D eigenvalue weighted by atomic mass is 10.1. The summed E-state index contributed by atoms with van der Waals surface area (Å²) in [6.07, 6.45) is -3.19. The van der Waals surface area contributed by atoms with E-state index in [2.05, 4.69) is 5.10 Å². The lowest BCUT2D eigenvalue weighted by Gasteiger charge is -2.09. The van der Waals surface area contributed by atoms with Gasteiger partial charge in [0.15, 0.2) is 5.69 Å². The standard InChI is InChI=1S/C22H21F3N2O3/c1-15(28)30-13-3-4-16-5-7-17(8-6-16)20-14-21(22(23,24)25)26-27(20)18-9-11-19(29-2)12-10-18/h5-12,14H,3-4,13H2,1-2H3. The lowest BCUT2D eigenvalue weighted by molar-refractivity contribution is -0.142. The minimum atomic E-state index is -4.55. The maximum atomic E-state index is 13.3. The smallest absolute Gasteiger partial charge is 0.435 e. The van der Waals surface area contributed by atoms with E-state index >= 15 is 0 Å². The van der Waals surface area contributed by atoms with E-state index in [9.17, 15) is 18.0 Å². The Morgan fingerprint density at radius 2 is 1.73 bits per heavy atom. The van der Waals surface area contributed by atoms with Crippen molar-refractivity contribution in [2.75, 3.05) is 13.7 Å². The van der Waals surface area contributed by atoms with E-state index in [1.165, 1.54) is 18.7 Å². The highest BCUT2D eigenvalue weighted by atomic mass is 19.4. The zero-order valence-corrected chi connectivity index (χ0v) is 16.6. The number of ether oxygens (including phenoxy) is 2. The Morgan fingerprint density at radius 1 is 1.07 bits per heavy atom. The summed E-state index contributed by atoms with van der Waals surface area (Å²) in [4.78, 5) is 10.8. The molecule has 5 nitrogen and oxygen atoms in total. The molecule has 0 amide bonds. The van der Waals surface area contributed by atoms with Crippen LogP contribution in [0.2, 0.25) is 0 Å². The number of alkyl halides is 3. The van der Waals surface area contributed by atoms with Crippen molar-refractivity contribution < 1.29 is 27.4 Å². The van der Waals surface area contributed by atoms with Gasteiger partial charge in [-0.05, 0) is 48.7 Å². The number of nitrogens with zero attached hydrogens (tertiary/aromatic N) is 2. The first-order valence-electron chi connectivity index (χ1n) is 9.32. The molecule has 0 fully saturated rings. The monoisotopic (exact) mass is 418 g/mol. The van der Waals surface area contributed by atoms with Crippen LogP contribution in [0, 0.1) is 0 Å². The van der Waals surface area contributed by atoms with Crippen LogP contribution in [0.5, 0.6) is 5.75 Å². The molecule has 2 aromatic carbocycles. The van der Waals surface area contributed by atoms with Gasteiger partial charge in [0.2, 0.25) is 0 Å². The van der Waals surface area contributed by atoms with Gasteiger partial charge in [-0.2, -0.15) is 18.3 Å². The highest BCUT2D eigenvalue weighted by molar-refractivity contribution is 5.66. The van der Waals surface area contributed by atoms with E-state index < -0.39 is 11.9 Å². The first kappa shape index (κ1) is 21.4. The molecule has 0 aliphatic heterocycles. The highest BCUT2D eigenvalue weighted by Crippen LogP contribution is 2.33. The fraction of sp³-hybridized carbons (Fsp3) is 0.273. The second-order valence-corrected chi connectivity index (χ2v) is 6.66. The molecule has 3 aromatic rings. The number of benzene rings is 2. The molecule has 0 N–H and O–H groups in total. The first-order chi connectivity index (χ1) is 14.3. The molecule has 0 saturated carbocycles. The Balaban J connectivity index is 1.88. The second-order valence-electron chi connectivity index (χ2n) is 6.66. The predicted molar refractivity (Wildman–Crippen MR) is 106 cm³/mol. The van der Waals surface area contributed by atoms with Crippen LogP contribution < -0.4 is 4.74 Å². The molecule has 0 spiro atoms. The normalized spacial score (nSPS) is 11.4. The van der Waals surface area contributed by atoms with Crippen molar-refractivity contribution in [3.05, 3.63) is 65.9 Å². The number of aromatic nitrogens is 2. The van der Waals surface area contributed by atoms with Gasteiger partial charge in [-0.3, -0.25) is 4.79 Å².